The normalized spacial score (nSPS) is 17.5. The minimum atomic E-state index is -4.86. The van der Waals surface area contributed by atoms with Gasteiger partial charge in [0.15, 0.2) is 5.82 Å². The molecule has 14 heteroatoms. The van der Waals surface area contributed by atoms with E-state index < -0.39 is 30.8 Å². The maximum absolute atomic E-state index is 13.1. The number of hydrogen-bond acceptors (Lipinski definition) is 7. The summed E-state index contributed by atoms with van der Waals surface area (Å²) in [7, 11) is -7.76. The second-order valence-electron chi connectivity index (χ2n) is 10.9. The van der Waals surface area contributed by atoms with Crippen molar-refractivity contribution < 1.29 is 31.3 Å². The Labute approximate surface area is 239 Å². The minimum absolute atomic E-state index is 0.132. The monoisotopic (exact) mass is 597 g/mol. The van der Waals surface area contributed by atoms with E-state index in [1.807, 2.05) is 36.4 Å². The fourth-order valence-corrected chi connectivity index (χ4v) is 10.3. The van der Waals surface area contributed by atoms with Crippen molar-refractivity contribution in [3.8, 4) is 0 Å². The summed E-state index contributed by atoms with van der Waals surface area (Å²) in [5.41, 5.74) is 0.570. The number of nitrogens with zero attached hydrogens (tertiary/aromatic N) is 4. The van der Waals surface area contributed by atoms with Crippen molar-refractivity contribution in [2.75, 3.05) is 25.0 Å². The van der Waals surface area contributed by atoms with Crippen molar-refractivity contribution in [3.05, 3.63) is 79.0 Å². The van der Waals surface area contributed by atoms with Crippen molar-refractivity contribution in [1.82, 2.24) is 19.7 Å². The van der Waals surface area contributed by atoms with Crippen molar-refractivity contribution >= 4 is 52.5 Å². The van der Waals surface area contributed by atoms with E-state index in [1.165, 1.54) is 9.58 Å². The number of anilines is 1. The fraction of sp³-hybridized carbons (Fsp3) is 0.296. The molecule has 0 spiro atoms. The molecule has 41 heavy (non-hydrogen) atoms. The summed E-state index contributed by atoms with van der Waals surface area (Å²) < 4.78 is 43.9. The van der Waals surface area contributed by atoms with Crippen LogP contribution in [0.3, 0.4) is 0 Å². The zero-order chi connectivity index (χ0) is 29.4. The first-order valence-electron chi connectivity index (χ1n) is 12.9. The lowest BCUT2D eigenvalue weighted by Gasteiger charge is -2.42. The van der Waals surface area contributed by atoms with E-state index in [4.69, 9.17) is 8.98 Å². The first-order valence-corrected chi connectivity index (χ1v) is 16.2. The number of hydroxylamine groups is 2. The fourth-order valence-electron chi connectivity index (χ4n) is 5.38. The number of urea groups is 1. The van der Waals surface area contributed by atoms with Gasteiger partial charge in [-0.25, -0.2) is 9.48 Å². The molecule has 3 heterocycles. The van der Waals surface area contributed by atoms with Gasteiger partial charge < -0.3 is 14.6 Å². The van der Waals surface area contributed by atoms with Crippen LogP contribution in [0.5, 0.6) is 0 Å². The Morgan fingerprint density at radius 2 is 1.68 bits per heavy atom. The third kappa shape index (κ3) is 5.82. The van der Waals surface area contributed by atoms with Gasteiger partial charge in [-0.1, -0.05) is 81.4 Å². The van der Waals surface area contributed by atoms with Gasteiger partial charge in [0.1, 0.15) is 12.6 Å². The molecule has 2 aliphatic heterocycles. The van der Waals surface area contributed by atoms with E-state index >= 15 is 0 Å². The van der Waals surface area contributed by atoms with Crippen LogP contribution in [0.15, 0.2) is 79.0 Å². The first-order chi connectivity index (χ1) is 19.4. The Hall–Kier alpha value is -3.82. The van der Waals surface area contributed by atoms with E-state index in [0.29, 0.717) is 10.8 Å². The second kappa shape index (κ2) is 10.9. The largest absolute Gasteiger partial charge is 0.418 e. The molecule has 1 atom stereocenters. The Morgan fingerprint density at radius 1 is 1.07 bits per heavy atom. The molecular weight excluding hydrogens is 566 g/mol. The lowest BCUT2D eigenvalue weighted by molar-refractivity contribution is -0.118. The molecule has 0 saturated carbocycles. The number of carbonyl (C=O) groups excluding carboxylic acids is 2. The molecule has 1 fully saturated rings. The van der Waals surface area contributed by atoms with Gasteiger partial charge in [-0.2, -0.15) is 18.6 Å². The standard InChI is InChI=1S/C27H31N5O7SSi/c1-27(2,3)41(22-10-6-4-7-11-22,23-12-8-5-9-13-23)38-19-25(33)28-24-14-15-31(29-24)20-16-21-18-30(17-20)26(34)32(21)39-40(35,36)37/h4-16,21H,17-19H2,1-3H3,(H,28,29,33)(H,35,36,37). The van der Waals surface area contributed by atoms with E-state index in [9.17, 15) is 18.0 Å². The number of fused-ring (bicyclic) bond motifs is 2. The molecule has 0 radical (unpaired) electrons. The number of hydrogen-bond donors (Lipinski definition) is 2. The van der Waals surface area contributed by atoms with Crippen LogP contribution in [-0.4, -0.2) is 78.7 Å². The van der Waals surface area contributed by atoms with Gasteiger partial charge in [-0.05, 0) is 21.5 Å². The maximum atomic E-state index is 13.1. The average molecular weight is 598 g/mol. The maximum Gasteiger partial charge on any atom is 0.418 e. The van der Waals surface area contributed by atoms with E-state index in [2.05, 4.69) is 59.7 Å². The lowest BCUT2D eigenvalue weighted by atomic mass is 10.2. The molecule has 1 saturated heterocycles. The molecule has 3 aromatic rings. The first kappa shape index (κ1) is 28.7. The quantitative estimate of drug-likeness (QED) is 0.282. The Kier molecular flexibility index (Phi) is 7.61. The predicted octanol–water partition coefficient (Wildman–Crippen LogP) is 2.09. The summed E-state index contributed by atoms with van der Waals surface area (Å²) in [6.07, 6.45) is 3.24. The molecule has 3 amide bonds. The summed E-state index contributed by atoms with van der Waals surface area (Å²) in [5, 5.41) is 9.64. The Balaban J connectivity index is 1.32. The van der Waals surface area contributed by atoms with E-state index in [1.54, 1.807) is 18.3 Å². The van der Waals surface area contributed by atoms with E-state index in [0.717, 1.165) is 10.4 Å². The smallest absolute Gasteiger partial charge is 0.398 e. The van der Waals surface area contributed by atoms with Crippen LogP contribution in [0.1, 0.15) is 20.8 Å². The molecule has 1 aromatic heterocycles. The van der Waals surface area contributed by atoms with Gasteiger partial charge in [0.25, 0.3) is 8.32 Å². The minimum Gasteiger partial charge on any atom is -0.398 e. The lowest BCUT2D eigenvalue weighted by Crippen LogP contribution is -2.67. The van der Waals surface area contributed by atoms with E-state index in [-0.39, 0.29) is 36.5 Å². The number of carbonyl (C=O) groups is 2. The Bertz CT molecular complexity index is 1530. The number of benzene rings is 2. The second-order valence-corrected chi connectivity index (χ2v) is 16.2. The molecule has 2 aromatic carbocycles. The molecule has 2 bridgehead atoms. The number of nitrogens with one attached hydrogen (secondary N) is 1. The van der Waals surface area contributed by atoms with Crippen molar-refractivity contribution in [1.29, 1.82) is 0 Å². The highest BCUT2D eigenvalue weighted by Gasteiger charge is 2.50. The highest BCUT2D eigenvalue weighted by molar-refractivity contribution is 7.80. The highest BCUT2D eigenvalue weighted by atomic mass is 32.3. The molecule has 0 aliphatic carbocycles. The van der Waals surface area contributed by atoms with Crippen LogP contribution < -0.4 is 15.7 Å². The summed E-state index contributed by atoms with van der Waals surface area (Å²) in [6, 6.07) is 20.2. The van der Waals surface area contributed by atoms with Crippen molar-refractivity contribution in [3.63, 3.8) is 0 Å². The SMILES string of the molecule is CC(C)(C)[Si](OCC(=O)Nc1ccn(C2=CC3CN(C2)C(=O)N3OS(=O)(=O)O)n1)(c1ccccc1)c1ccccc1. The van der Waals surface area contributed by atoms with Gasteiger partial charge in [0, 0.05) is 18.8 Å². The molecule has 2 aliphatic rings. The third-order valence-electron chi connectivity index (χ3n) is 7.07. The molecule has 216 valence electrons. The third-order valence-corrected chi connectivity index (χ3v) is 12.4. The van der Waals surface area contributed by atoms with Crippen LogP contribution in [0.25, 0.3) is 5.70 Å². The molecule has 1 unspecified atom stereocenters. The highest BCUT2D eigenvalue weighted by Crippen LogP contribution is 2.36. The number of amides is 3. The molecule has 2 N–H and O–H groups in total. The van der Waals surface area contributed by atoms with Crippen molar-refractivity contribution in [2.24, 2.45) is 0 Å². The van der Waals surface area contributed by atoms with Gasteiger partial charge in [-0.15, -0.1) is 4.28 Å². The summed E-state index contributed by atoms with van der Waals surface area (Å²) in [4.78, 5) is 26.9. The zero-order valence-electron chi connectivity index (χ0n) is 22.8. The summed E-state index contributed by atoms with van der Waals surface area (Å²) in [5.74, 6) is -0.0835. The van der Waals surface area contributed by atoms with Crippen LogP contribution in [-0.2, 0) is 23.9 Å². The van der Waals surface area contributed by atoms with Crippen LogP contribution in [0, 0.1) is 0 Å². The van der Waals surface area contributed by atoms with Gasteiger partial charge in [-0.3, -0.25) is 9.35 Å². The predicted molar refractivity (Wildman–Crippen MR) is 154 cm³/mol. The molecule has 12 nitrogen and oxygen atoms in total. The molecular formula is C27H31N5O7SSi. The van der Waals surface area contributed by atoms with Gasteiger partial charge in [0.05, 0.1) is 12.2 Å². The summed E-state index contributed by atoms with van der Waals surface area (Å²) >= 11 is 0. The van der Waals surface area contributed by atoms with Crippen LogP contribution in [0.2, 0.25) is 5.04 Å². The van der Waals surface area contributed by atoms with Gasteiger partial charge >= 0.3 is 16.4 Å². The number of aromatic nitrogens is 2. The van der Waals surface area contributed by atoms with Gasteiger partial charge in [0.2, 0.25) is 5.91 Å². The number of rotatable bonds is 9. The van der Waals surface area contributed by atoms with Crippen molar-refractivity contribution in [2.45, 2.75) is 31.9 Å². The summed E-state index contributed by atoms with van der Waals surface area (Å²) in [6.45, 7) is 6.54. The van der Waals surface area contributed by atoms with Crippen LogP contribution >= 0.6 is 0 Å². The Morgan fingerprint density at radius 3 is 2.24 bits per heavy atom. The van der Waals surface area contributed by atoms with Crippen LogP contribution in [0.4, 0.5) is 10.6 Å². The topological polar surface area (TPSA) is 143 Å². The molecule has 5 rings (SSSR count). The average Bonchev–Trinajstić information content (AvgIpc) is 3.47. The zero-order valence-corrected chi connectivity index (χ0v) is 24.6.